The molecule has 6 nitrogen and oxygen atoms in total. The van der Waals surface area contributed by atoms with Crippen LogP contribution in [0.2, 0.25) is 0 Å². The van der Waals surface area contributed by atoms with E-state index in [1.165, 1.54) is 12.8 Å². The number of likely N-dealkylation sites (tertiary alicyclic amines) is 1. The molecule has 2 aliphatic heterocycles. The van der Waals surface area contributed by atoms with Crippen LogP contribution in [0.1, 0.15) is 39.0 Å². The second kappa shape index (κ2) is 9.85. The zero-order chi connectivity index (χ0) is 20.0. The lowest BCUT2D eigenvalue weighted by molar-refractivity contribution is -0.122. The van der Waals surface area contributed by atoms with Gasteiger partial charge in [0.2, 0.25) is 15.9 Å². The van der Waals surface area contributed by atoms with Crippen LogP contribution in [0.15, 0.2) is 35.2 Å². The number of rotatable bonds is 8. The molecule has 0 aromatic heterocycles. The van der Waals surface area contributed by atoms with Gasteiger partial charge in [-0.15, -0.1) is 0 Å². The van der Waals surface area contributed by atoms with Crippen LogP contribution in [0.4, 0.5) is 0 Å². The van der Waals surface area contributed by atoms with E-state index >= 15 is 0 Å². The molecule has 0 unspecified atom stereocenters. The van der Waals surface area contributed by atoms with Gasteiger partial charge >= 0.3 is 0 Å². The molecule has 2 aliphatic rings. The molecule has 0 saturated carbocycles. The molecule has 0 bridgehead atoms. The molecule has 1 N–H and O–H groups in total. The minimum absolute atomic E-state index is 0.0991. The lowest BCUT2D eigenvalue weighted by Crippen LogP contribution is -2.45. The quantitative estimate of drug-likeness (QED) is 0.718. The van der Waals surface area contributed by atoms with Crippen LogP contribution in [-0.2, 0) is 14.8 Å². The van der Waals surface area contributed by atoms with Crippen molar-refractivity contribution in [2.75, 3.05) is 39.3 Å². The third-order valence-electron chi connectivity index (χ3n) is 6.16. The van der Waals surface area contributed by atoms with Crippen molar-refractivity contribution >= 4 is 15.9 Å². The van der Waals surface area contributed by atoms with Gasteiger partial charge in [-0.2, -0.15) is 4.31 Å². The Kier molecular flexibility index (Phi) is 7.48. The maximum Gasteiger partial charge on any atom is 0.243 e. The lowest BCUT2D eigenvalue weighted by atomic mass is 9.82. The molecule has 1 amide bonds. The van der Waals surface area contributed by atoms with Gasteiger partial charge in [-0.05, 0) is 56.3 Å². The Hall–Kier alpha value is -1.44. The molecule has 7 heteroatoms. The molecule has 0 radical (unpaired) electrons. The summed E-state index contributed by atoms with van der Waals surface area (Å²) in [7, 11) is -3.45. The summed E-state index contributed by atoms with van der Waals surface area (Å²) in [6.45, 7) is 6.98. The molecule has 2 fully saturated rings. The summed E-state index contributed by atoms with van der Waals surface area (Å²) in [4.78, 5) is 15.1. The molecule has 2 heterocycles. The van der Waals surface area contributed by atoms with E-state index in [4.69, 9.17) is 0 Å². The molecule has 1 aromatic carbocycles. The largest absolute Gasteiger partial charge is 0.355 e. The second-order valence-electron chi connectivity index (χ2n) is 8.00. The molecule has 3 rings (SSSR count). The average Bonchev–Trinajstić information content (AvgIpc) is 3.22. The number of amides is 1. The van der Waals surface area contributed by atoms with Crippen molar-refractivity contribution in [1.82, 2.24) is 14.5 Å². The molecular formula is C21H33N3O3S. The van der Waals surface area contributed by atoms with Gasteiger partial charge in [0, 0.05) is 32.6 Å². The Balaban J connectivity index is 1.50. The van der Waals surface area contributed by atoms with Crippen molar-refractivity contribution in [3.63, 3.8) is 0 Å². The normalized spacial score (nSPS) is 24.3. The van der Waals surface area contributed by atoms with Crippen molar-refractivity contribution < 1.29 is 13.2 Å². The van der Waals surface area contributed by atoms with Crippen LogP contribution in [0.25, 0.3) is 0 Å². The van der Waals surface area contributed by atoms with E-state index in [0.717, 1.165) is 32.5 Å². The number of hydrogen-bond donors (Lipinski definition) is 1. The minimum Gasteiger partial charge on any atom is -0.355 e. The molecule has 0 aliphatic carbocycles. The van der Waals surface area contributed by atoms with E-state index in [9.17, 15) is 13.2 Å². The SMILES string of the molecule is CC[C@H]1CN(S(=O)(=O)c2ccccc2)CC[C@H]1CC(=O)NCCN1CCCC1. The number of carbonyl (C=O) groups excluding carboxylic acids is 1. The van der Waals surface area contributed by atoms with Crippen LogP contribution >= 0.6 is 0 Å². The molecule has 28 heavy (non-hydrogen) atoms. The van der Waals surface area contributed by atoms with Gasteiger partial charge < -0.3 is 10.2 Å². The standard InChI is InChI=1S/C21H33N3O3S/c1-2-18-17-24(28(26,27)20-8-4-3-5-9-20)14-10-19(18)16-21(25)22-11-15-23-12-6-7-13-23/h3-5,8-9,18-19H,2,6-7,10-17H2,1H3,(H,22,25)/t18-,19-/m0/s1. The van der Waals surface area contributed by atoms with Crippen molar-refractivity contribution in [1.29, 1.82) is 0 Å². The highest BCUT2D eigenvalue weighted by Crippen LogP contribution is 2.31. The van der Waals surface area contributed by atoms with Crippen molar-refractivity contribution in [2.24, 2.45) is 11.8 Å². The molecule has 1 aromatic rings. The van der Waals surface area contributed by atoms with Gasteiger partial charge in [-0.25, -0.2) is 8.42 Å². The van der Waals surface area contributed by atoms with Gasteiger partial charge in [-0.3, -0.25) is 4.79 Å². The highest BCUT2D eigenvalue weighted by Gasteiger charge is 2.35. The molecule has 2 atom stereocenters. The van der Waals surface area contributed by atoms with E-state index in [1.807, 2.05) is 6.07 Å². The van der Waals surface area contributed by atoms with Gasteiger partial charge in [0.25, 0.3) is 0 Å². The summed E-state index contributed by atoms with van der Waals surface area (Å²) < 4.78 is 27.4. The summed E-state index contributed by atoms with van der Waals surface area (Å²) in [5, 5.41) is 3.06. The fraction of sp³-hybridized carbons (Fsp3) is 0.667. The van der Waals surface area contributed by atoms with E-state index < -0.39 is 10.0 Å². The summed E-state index contributed by atoms with van der Waals surface area (Å²) >= 11 is 0. The predicted molar refractivity (Wildman–Crippen MR) is 110 cm³/mol. The van der Waals surface area contributed by atoms with E-state index in [1.54, 1.807) is 28.6 Å². The van der Waals surface area contributed by atoms with Gasteiger partial charge in [0.1, 0.15) is 0 Å². The highest BCUT2D eigenvalue weighted by atomic mass is 32.2. The van der Waals surface area contributed by atoms with E-state index in [2.05, 4.69) is 17.1 Å². The Labute approximate surface area is 169 Å². The highest BCUT2D eigenvalue weighted by molar-refractivity contribution is 7.89. The number of piperidine rings is 1. The Morgan fingerprint density at radius 3 is 2.50 bits per heavy atom. The minimum atomic E-state index is -3.45. The Morgan fingerprint density at radius 1 is 1.11 bits per heavy atom. The number of sulfonamides is 1. The monoisotopic (exact) mass is 407 g/mol. The molecule has 156 valence electrons. The number of benzene rings is 1. The van der Waals surface area contributed by atoms with Crippen LogP contribution in [0.3, 0.4) is 0 Å². The topological polar surface area (TPSA) is 69.7 Å². The summed E-state index contributed by atoms with van der Waals surface area (Å²) in [6, 6.07) is 8.63. The van der Waals surface area contributed by atoms with E-state index in [0.29, 0.717) is 31.0 Å². The van der Waals surface area contributed by atoms with Crippen LogP contribution in [0, 0.1) is 11.8 Å². The smallest absolute Gasteiger partial charge is 0.243 e. The van der Waals surface area contributed by atoms with Crippen LogP contribution < -0.4 is 5.32 Å². The fourth-order valence-electron chi connectivity index (χ4n) is 4.41. The first-order valence-corrected chi connectivity index (χ1v) is 12.0. The third-order valence-corrected chi connectivity index (χ3v) is 8.04. The molecular weight excluding hydrogens is 374 g/mol. The summed E-state index contributed by atoms with van der Waals surface area (Å²) in [5.41, 5.74) is 0. The zero-order valence-electron chi connectivity index (χ0n) is 16.8. The maximum atomic E-state index is 12.9. The first-order chi connectivity index (χ1) is 13.5. The van der Waals surface area contributed by atoms with Gasteiger partial charge in [0.15, 0.2) is 0 Å². The maximum absolute atomic E-state index is 12.9. The number of carbonyl (C=O) groups is 1. The molecule has 2 saturated heterocycles. The number of hydrogen-bond acceptors (Lipinski definition) is 4. The lowest BCUT2D eigenvalue weighted by Gasteiger charge is -2.37. The molecule has 0 spiro atoms. The average molecular weight is 408 g/mol. The fourth-order valence-corrected chi connectivity index (χ4v) is 5.94. The van der Waals surface area contributed by atoms with Crippen molar-refractivity contribution in [3.05, 3.63) is 30.3 Å². The van der Waals surface area contributed by atoms with E-state index in [-0.39, 0.29) is 17.7 Å². The van der Waals surface area contributed by atoms with Crippen molar-refractivity contribution in [2.45, 2.75) is 43.9 Å². The summed E-state index contributed by atoms with van der Waals surface area (Å²) in [5.74, 6) is 0.567. The Morgan fingerprint density at radius 2 is 1.82 bits per heavy atom. The van der Waals surface area contributed by atoms with Crippen molar-refractivity contribution in [3.8, 4) is 0 Å². The second-order valence-corrected chi connectivity index (χ2v) is 9.93. The van der Waals surface area contributed by atoms with Gasteiger partial charge in [0.05, 0.1) is 4.90 Å². The summed E-state index contributed by atoms with van der Waals surface area (Å²) in [6.07, 6.45) is 4.64. The predicted octanol–water partition coefficient (Wildman–Crippen LogP) is 2.33. The van der Waals surface area contributed by atoms with Crippen LogP contribution in [-0.4, -0.2) is 62.8 Å². The first-order valence-electron chi connectivity index (χ1n) is 10.5. The Bertz CT molecular complexity index is 733. The number of nitrogens with one attached hydrogen (secondary N) is 1. The first kappa shape index (κ1) is 21.3. The zero-order valence-corrected chi connectivity index (χ0v) is 17.7. The van der Waals surface area contributed by atoms with Crippen LogP contribution in [0.5, 0.6) is 0 Å². The van der Waals surface area contributed by atoms with Gasteiger partial charge in [-0.1, -0.05) is 31.5 Å². The number of nitrogens with zero attached hydrogens (tertiary/aromatic N) is 2. The third kappa shape index (κ3) is 5.33.